The fraction of sp³-hybridized carbons (Fsp3) is 0.250. The van der Waals surface area contributed by atoms with E-state index in [0.29, 0.717) is 0 Å². The van der Waals surface area contributed by atoms with Gasteiger partial charge in [0.1, 0.15) is 0 Å². The van der Waals surface area contributed by atoms with Crippen LogP contribution in [0, 0.1) is 0 Å². The van der Waals surface area contributed by atoms with E-state index in [1.54, 1.807) is 12.3 Å². The van der Waals surface area contributed by atoms with Gasteiger partial charge < -0.3 is 5.73 Å². The largest absolute Gasteiger partial charge is 0.398 e. The monoisotopic (exact) mass is 147 g/mol. The number of rotatable bonds is 0. The van der Waals surface area contributed by atoms with Crippen LogP contribution >= 0.6 is 0 Å². The van der Waals surface area contributed by atoms with Crippen molar-refractivity contribution in [3.05, 3.63) is 23.0 Å². The number of nitrogen functional groups attached to an aromatic ring is 1. The number of hydrogen-bond donors (Lipinski definition) is 1. The first kappa shape index (κ1) is 6.34. The number of fused-ring (bicyclic) bond motifs is 1. The van der Waals surface area contributed by atoms with Crippen LogP contribution < -0.4 is 16.4 Å². The van der Waals surface area contributed by atoms with Crippen molar-refractivity contribution in [1.29, 1.82) is 0 Å². The Hall–Kier alpha value is -1.38. The highest BCUT2D eigenvalue weighted by Crippen LogP contribution is 1.90. The van der Waals surface area contributed by atoms with Crippen LogP contribution in [0.3, 0.4) is 0 Å². The standard InChI is InChI=1S/C8H9N3/c9-7-3-5-11-8-6(7)2-1-4-10-8/h2-3,5H,1,4,9H2. The molecule has 1 aliphatic rings. The molecular weight excluding hydrogens is 138 g/mol. The second kappa shape index (κ2) is 2.34. The highest BCUT2D eigenvalue weighted by molar-refractivity contribution is 5.43. The molecule has 0 radical (unpaired) electrons. The molecule has 0 aliphatic carbocycles. The van der Waals surface area contributed by atoms with Crippen molar-refractivity contribution in [2.24, 2.45) is 4.99 Å². The van der Waals surface area contributed by atoms with Gasteiger partial charge in [-0.3, -0.25) is 4.99 Å². The van der Waals surface area contributed by atoms with Gasteiger partial charge in [0.25, 0.3) is 0 Å². The molecule has 0 atom stereocenters. The third-order valence-corrected chi connectivity index (χ3v) is 1.74. The SMILES string of the molecule is Nc1ccnc2c1=CCCN=2. The Morgan fingerprint density at radius 1 is 1.45 bits per heavy atom. The number of nitrogens with zero attached hydrogens (tertiary/aromatic N) is 2. The quantitative estimate of drug-likeness (QED) is 0.536. The molecule has 0 saturated heterocycles. The lowest BCUT2D eigenvalue weighted by Crippen LogP contribution is -2.33. The summed E-state index contributed by atoms with van der Waals surface area (Å²) in [6, 6.07) is 1.80. The molecule has 1 aliphatic heterocycles. The van der Waals surface area contributed by atoms with Gasteiger partial charge >= 0.3 is 0 Å². The van der Waals surface area contributed by atoms with E-state index >= 15 is 0 Å². The van der Waals surface area contributed by atoms with Crippen LogP contribution in [0.2, 0.25) is 0 Å². The topological polar surface area (TPSA) is 51.3 Å². The first-order valence-corrected chi connectivity index (χ1v) is 3.63. The van der Waals surface area contributed by atoms with Gasteiger partial charge in [0, 0.05) is 23.6 Å². The van der Waals surface area contributed by atoms with Gasteiger partial charge in [-0.1, -0.05) is 6.08 Å². The van der Waals surface area contributed by atoms with Gasteiger partial charge in [-0.15, -0.1) is 0 Å². The predicted molar refractivity (Wildman–Crippen MR) is 43.4 cm³/mol. The van der Waals surface area contributed by atoms with Crippen LogP contribution in [0.1, 0.15) is 6.42 Å². The minimum Gasteiger partial charge on any atom is -0.398 e. The van der Waals surface area contributed by atoms with Crippen LogP contribution in [0.15, 0.2) is 17.3 Å². The molecule has 0 bridgehead atoms. The minimum atomic E-state index is 0.776. The Kier molecular flexibility index (Phi) is 1.35. The molecule has 0 fully saturated rings. The van der Waals surface area contributed by atoms with Crippen molar-refractivity contribution in [2.45, 2.75) is 6.42 Å². The molecule has 3 heteroatoms. The van der Waals surface area contributed by atoms with Crippen LogP contribution in [-0.2, 0) is 0 Å². The smallest absolute Gasteiger partial charge is 0.156 e. The lowest BCUT2D eigenvalue weighted by Gasteiger charge is -1.99. The van der Waals surface area contributed by atoms with Gasteiger partial charge in [0.2, 0.25) is 0 Å². The maximum Gasteiger partial charge on any atom is 0.156 e. The van der Waals surface area contributed by atoms with E-state index in [2.05, 4.69) is 16.1 Å². The number of aromatic nitrogens is 1. The lowest BCUT2D eigenvalue weighted by atomic mass is 10.2. The molecule has 3 nitrogen and oxygen atoms in total. The molecule has 11 heavy (non-hydrogen) atoms. The van der Waals surface area contributed by atoms with Gasteiger partial charge in [0.05, 0.1) is 0 Å². The zero-order valence-corrected chi connectivity index (χ0v) is 6.12. The van der Waals surface area contributed by atoms with Crippen molar-refractivity contribution in [3.8, 4) is 0 Å². The normalized spacial score (nSPS) is 14.5. The minimum absolute atomic E-state index is 0.776. The molecule has 0 saturated carbocycles. The molecule has 2 rings (SSSR count). The summed E-state index contributed by atoms with van der Waals surface area (Å²) in [5, 5.41) is 0.999. The van der Waals surface area contributed by atoms with E-state index in [0.717, 1.165) is 29.4 Å². The molecule has 1 aromatic rings. The summed E-state index contributed by atoms with van der Waals surface area (Å²) in [5.41, 5.74) is 7.27. The summed E-state index contributed by atoms with van der Waals surface area (Å²) in [6.07, 6.45) is 4.75. The number of hydrogen-bond acceptors (Lipinski definition) is 3. The molecule has 1 aromatic heterocycles. The van der Waals surface area contributed by atoms with E-state index in [4.69, 9.17) is 5.73 Å². The van der Waals surface area contributed by atoms with E-state index in [1.165, 1.54) is 0 Å². The van der Waals surface area contributed by atoms with Gasteiger partial charge in [-0.2, -0.15) is 0 Å². The molecule has 0 unspecified atom stereocenters. The molecule has 56 valence electrons. The van der Waals surface area contributed by atoms with Crippen molar-refractivity contribution < 1.29 is 0 Å². The van der Waals surface area contributed by atoms with Crippen LogP contribution in [0.4, 0.5) is 5.69 Å². The molecule has 0 amide bonds. The lowest BCUT2D eigenvalue weighted by molar-refractivity contribution is 0.920. The highest BCUT2D eigenvalue weighted by Gasteiger charge is 1.96. The summed E-state index contributed by atoms with van der Waals surface area (Å²) < 4.78 is 0. The predicted octanol–water partition coefficient (Wildman–Crippen LogP) is -0.532. The number of anilines is 1. The fourth-order valence-corrected chi connectivity index (χ4v) is 1.19. The Morgan fingerprint density at radius 2 is 2.36 bits per heavy atom. The van der Waals surface area contributed by atoms with Crippen LogP contribution in [0.5, 0.6) is 0 Å². The Balaban J connectivity index is 2.88. The van der Waals surface area contributed by atoms with E-state index in [-0.39, 0.29) is 0 Å². The Bertz CT molecular complexity index is 381. The molecular formula is C8H9N3. The molecule has 2 heterocycles. The third-order valence-electron chi connectivity index (χ3n) is 1.74. The average Bonchev–Trinajstić information content (AvgIpc) is 2.06. The molecule has 0 aromatic carbocycles. The zero-order chi connectivity index (χ0) is 7.68. The van der Waals surface area contributed by atoms with E-state index in [1.807, 2.05) is 0 Å². The van der Waals surface area contributed by atoms with E-state index in [9.17, 15) is 0 Å². The van der Waals surface area contributed by atoms with Crippen molar-refractivity contribution >= 4 is 11.8 Å². The fourth-order valence-electron chi connectivity index (χ4n) is 1.19. The van der Waals surface area contributed by atoms with Crippen molar-refractivity contribution in [2.75, 3.05) is 12.3 Å². The number of nitrogens with two attached hydrogens (primary N) is 1. The van der Waals surface area contributed by atoms with E-state index < -0.39 is 0 Å². The first-order valence-electron chi connectivity index (χ1n) is 3.63. The van der Waals surface area contributed by atoms with Gasteiger partial charge in [-0.05, 0) is 12.5 Å². The summed E-state index contributed by atoms with van der Waals surface area (Å²) in [4.78, 5) is 8.33. The van der Waals surface area contributed by atoms with Crippen molar-refractivity contribution in [3.63, 3.8) is 0 Å². The Morgan fingerprint density at radius 3 is 3.18 bits per heavy atom. The van der Waals surface area contributed by atoms with Crippen LogP contribution in [-0.4, -0.2) is 11.5 Å². The maximum absolute atomic E-state index is 5.71. The van der Waals surface area contributed by atoms with Crippen LogP contribution in [0.25, 0.3) is 6.08 Å². The molecule has 2 N–H and O–H groups in total. The highest BCUT2D eigenvalue weighted by atomic mass is 14.8. The van der Waals surface area contributed by atoms with Gasteiger partial charge in [-0.25, -0.2) is 4.98 Å². The number of pyridine rings is 1. The summed E-state index contributed by atoms with van der Waals surface area (Å²) in [7, 11) is 0. The van der Waals surface area contributed by atoms with Crippen molar-refractivity contribution in [1.82, 2.24) is 4.98 Å². The summed E-state index contributed by atoms with van der Waals surface area (Å²) in [5.74, 6) is 0. The second-order valence-corrected chi connectivity index (χ2v) is 2.51. The maximum atomic E-state index is 5.71. The van der Waals surface area contributed by atoms with Gasteiger partial charge in [0.15, 0.2) is 5.49 Å². The summed E-state index contributed by atoms with van der Waals surface area (Å²) >= 11 is 0. The Labute approximate surface area is 64.3 Å². The zero-order valence-electron chi connectivity index (χ0n) is 6.12. The summed E-state index contributed by atoms with van der Waals surface area (Å²) in [6.45, 7) is 0.837. The first-order chi connectivity index (χ1) is 5.38. The second-order valence-electron chi connectivity index (χ2n) is 2.51. The average molecular weight is 147 g/mol. The third kappa shape index (κ3) is 0.981. The molecule has 0 spiro atoms.